The largest absolute Gasteiger partial charge is 0.310 e. The highest BCUT2D eigenvalue weighted by atomic mass is 15.2. The summed E-state index contributed by atoms with van der Waals surface area (Å²) in [7, 11) is 0. The summed E-state index contributed by atoms with van der Waals surface area (Å²) >= 11 is 0. The topological polar surface area (TPSA) is 6.48 Å². The molecule has 0 unspecified atom stereocenters. The van der Waals surface area contributed by atoms with Crippen molar-refractivity contribution in [1.82, 2.24) is 0 Å². The second-order valence-corrected chi connectivity index (χ2v) is 14.6. The zero-order valence-corrected chi connectivity index (χ0v) is 30.7. The van der Waals surface area contributed by atoms with E-state index < -0.39 is 0 Å². The molecule has 0 fully saturated rings. The first-order valence-corrected chi connectivity index (χ1v) is 18.0. The monoisotopic (exact) mass is 650 g/mol. The molecule has 0 saturated heterocycles. The van der Waals surface area contributed by atoms with E-state index >= 15 is 0 Å². The smallest absolute Gasteiger partial charge is 0.0546 e. The van der Waals surface area contributed by atoms with E-state index in [0.717, 1.165) is 12.8 Å². The van der Waals surface area contributed by atoms with E-state index in [4.69, 9.17) is 0 Å². The molecule has 0 aromatic heterocycles. The summed E-state index contributed by atoms with van der Waals surface area (Å²) in [6.07, 6.45) is 11.3. The predicted molar refractivity (Wildman–Crippen MR) is 217 cm³/mol. The van der Waals surface area contributed by atoms with E-state index in [9.17, 15) is 0 Å². The molecular weight excluding hydrogens is 605 g/mol. The fourth-order valence-electron chi connectivity index (χ4n) is 7.79. The van der Waals surface area contributed by atoms with Crippen LogP contribution in [-0.2, 0) is 12.8 Å². The number of allylic oxidation sites excluding steroid dienone is 2. The Morgan fingerprint density at radius 2 is 0.840 bits per heavy atom. The number of benzene rings is 6. The quantitative estimate of drug-likeness (QED) is 0.177. The van der Waals surface area contributed by atoms with Crippen molar-refractivity contribution >= 4 is 57.0 Å². The van der Waals surface area contributed by atoms with Gasteiger partial charge in [-0.05, 0) is 201 Å². The van der Waals surface area contributed by atoms with Gasteiger partial charge < -0.3 is 9.80 Å². The zero-order valence-electron chi connectivity index (χ0n) is 30.7. The molecule has 6 aromatic carbocycles. The standard InChI is InChI=1S/C48H46N2/c1-29-15-19-39(23-33(29)5)49(40-20-16-30(2)34(6)24-40)45-27-37-11-10-14-44-46(28-38-12-9-13-43(45)47(38)48(37)44)50(41-21-17-31(3)35(7)25-41)42-22-18-32(4)36(8)26-42/h9-11,13,15-28H,12,14H2,1-8H3. The summed E-state index contributed by atoms with van der Waals surface area (Å²) in [5.74, 6) is 0. The minimum atomic E-state index is 0.895. The average molecular weight is 651 g/mol. The lowest BCUT2D eigenvalue weighted by molar-refractivity contribution is 1.17. The van der Waals surface area contributed by atoms with Crippen LogP contribution in [0.2, 0.25) is 0 Å². The first-order chi connectivity index (χ1) is 24.1. The highest BCUT2D eigenvalue weighted by Crippen LogP contribution is 2.50. The van der Waals surface area contributed by atoms with Crippen molar-refractivity contribution in [1.29, 1.82) is 0 Å². The highest BCUT2D eigenvalue weighted by Gasteiger charge is 2.28. The van der Waals surface area contributed by atoms with Crippen molar-refractivity contribution in [2.45, 2.75) is 68.2 Å². The van der Waals surface area contributed by atoms with Crippen LogP contribution in [0.3, 0.4) is 0 Å². The molecule has 248 valence electrons. The Labute approximate surface area is 298 Å². The molecule has 2 aliphatic rings. The second-order valence-electron chi connectivity index (χ2n) is 14.6. The third kappa shape index (κ3) is 5.26. The van der Waals surface area contributed by atoms with Gasteiger partial charge in [0.1, 0.15) is 0 Å². The van der Waals surface area contributed by atoms with Gasteiger partial charge in [0.05, 0.1) is 11.4 Å². The van der Waals surface area contributed by atoms with Gasteiger partial charge in [-0.15, -0.1) is 0 Å². The molecule has 2 aliphatic carbocycles. The van der Waals surface area contributed by atoms with E-state index in [-0.39, 0.29) is 0 Å². The van der Waals surface area contributed by atoms with Crippen LogP contribution in [0.25, 0.3) is 22.9 Å². The molecule has 2 heteroatoms. The van der Waals surface area contributed by atoms with Gasteiger partial charge in [0.15, 0.2) is 0 Å². The molecule has 0 bridgehead atoms. The van der Waals surface area contributed by atoms with Crippen LogP contribution in [-0.4, -0.2) is 0 Å². The predicted octanol–water partition coefficient (Wildman–Crippen LogP) is 13.4. The fraction of sp³-hybridized carbons (Fsp3) is 0.208. The summed E-state index contributed by atoms with van der Waals surface area (Å²) in [5.41, 5.74) is 23.1. The van der Waals surface area contributed by atoms with Crippen LogP contribution in [0, 0.1) is 55.4 Å². The third-order valence-corrected chi connectivity index (χ3v) is 11.3. The van der Waals surface area contributed by atoms with Crippen molar-refractivity contribution in [2.24, 2.45) is 0 Å². The minimum absolute atomic E-state index is 0.895. The maximum atomic E-state index is 2.51. The summed E-state index contributed by atoms with van der Waals surface area (Å²) in [4.78, 5) is 4.99. The van der Waals surface area contributed by atoms with Crippen LogP contribution in [0.4, 0.5) is 34.1 Å². The van der Waals surface area contributed by atoms with Crippen molar-refractivity contribution in [3.8, 4) is 0 Å². The first-order valence-electron chi connectivity index (χ1n) is 18.0. The molecule has 0 saturated carbocycles. The first kappa shape index (κ1) is 31.9. The molecule has 8 rings (SSSR count). The maximum absolute atomic E-state index is 2.51. The van der Waals surface area contributed by atoms with E-state index in [0.29, 0.717) is 0 Å². The van der Waals surface area contributed by atoms with E-state index in [1.807, 2.05) is 0 Å². The number of hydrogen-bond acceptors (Lipinski definition) is 2. The third-order valence-electron chi connectivity index (χ3n) is 11.3. The number of hydrogen-bond donors (Lipinski definition) is 0. The van der Waals surface area contributed by atoms with Crippen LogP contribution >= 0.6 is 0 Å². The average Bonchev–Trinajstić information content (AvgIpc) is 3.10. The molecular formula is C48H46N2. The van der Waals surface area contributed by atoms with Crippen LogP contribution in [0.5, 0.6) is 0 Å². The molecule has 0 radical (unpaired) electrons. The van der Waals surface area contributed by atoms with Gasteiger partial charge >= 0.3 is 0 Å². The Morgan fingerprint density at radius 3 is 1.30 bits per heavy atom. The molecule has 0 atom stereocenters. The Morgan fingerprint density at radius 1 is 0.400 bits per heavy atom. The fourth-order valence-corrected chi connectivity index (χ4v) is 7.79. The lowest BCUT2D eigenvalue weighted by atomic mass is 9.82. The molecule has 0 amide bonds. The number of aryl methyl sites for hydroxylation is 8. The van der Waals surface area contributed by atoms with E-state index in [2.05, 4.69) is 174 Å². The Kier molecular flexibility index (Phi) is 7.79. The zero-order chi connectivity index (χ0) is 34.8. The minimum Gasteiger partial charge on any atom is -0.310 e. The van der Waals surface area contributed by atoms with Gasteiger partial charge in [0.25, 0.3) is 0 Å². The van der Waals surface area contributed by atoms with Gasteiger partial charge in [-0.3, -0.25) is 0 Å². The van der Waals surface area contributed by atoms with E-state index in [1.165, 1.54) is 112 Å². The van der Waals surface area contributed by atoms with Gasteiger partial charge in [-0.2, -0.15) is 0 Å². The molecule has 50 heavy (non-hydrogen) atoms. The van der Waals surface area contributed by atoms with Gasteiger partial charge in [-0.1, -0.05) is 48.6 Å². The summed E-state index contributed by atoms with van der Waals surface area (Å²) in [6.45, 7) is 17.7. The van der Waals surface area contributed by atoms with Crippen LogP contribution < -0.4 is 9.80 Å². The molecule has 0 heterocycles. The Hall–Kier alpha value is -5.34. The normalized spacial score (nSPS) is 12.9. The SMILES string of the molecule is Cc1ccc(N(c2ccc(C)c(C)c2)c2cc3c4c(c(N(c5ccc(C)c(C)c5)c5ccc(C)c(C)c5)cc5c4c2C=CC5)CC=C3)cc1C. The van der Waals surface area contributed by atoms with Crippen molar-refractivity contribution in [3.63, 3.8) is 0 Å². The molecule has 0 spiro atoms. The van der Waals surface area contributed by atoms with E-state index in [1.54, 1.807) is 0 Å². The second kappa shape index (κ2) is 12.2. The number of anilines is 6. The van der Waals surface area contributed by atoms with Crippen LogP contribution in [0.15, 0.2) is 97.1 Å². The van der Waals surface area contributed by atoms with Crippen molar-refractivity contribution in [3.05, 3.63) is 164 Å². The van der Waals surface area contributed by atoms with Gasteiger partial charge in [0.2, 0.25) is 0 Å². The molecule has 2 nitrogen and oxygen atoms in total. The molecule has 0 N–H and O–H groups in total. The molecule has 0 aliphatic heterocycles. The molecule has 6 aromatic rings. The maximum Gasteiger partial charge on any atom is 0.0546 e. The lowest BCUT2D eigenvalue weighted by Crippen LogP contribution is -2.17. The van der Waals surface area contributed by atoms with Gasteiger partial charge in [0, 0.05) is 28.3 Å². The van der Waals surface area contributed by atoms with Crippen LogP contribution in [0.1, 0.15) is 66.8 Å². The lowest BCUT2D eigenvalue weighted by Gasteiger charge is -2.34. The Bertz CT molecular complexity index is 2320. The Balaban J connectivity index is 1.42. The number of nitrogens with zero attached hydrogens (tertiary/aromatic N) is 2. The van der Waals surface area contributed by atoms with Crippen molar-refractivity contribution < 1.29 is 0 Å². The highest BCUT2D eigenvalue weighted by molar-refractivity contribution is 6.10. The number of rotatable bonds is 6. The van der Waals surface area contributed by atoms with Crippen molar-refractivity contribution in [2.75, 3.05) is 9.80 Å². The summed E-state index contributed by atoms with van der Waals surface area (Å²) < 4.78 is 0. The van der Waals surface area contributed by atoms with Gasteiger partial charge in [-0.25, -0.2) is 0 Å². The summed E-state index contributed by atoms with van der Waals surface area (Å²) in [6, 6.07) is 32.5. The summed E-state index contributed by atoms with van der Waals surface area (Å²) in [5, 5.41) is 2.78.